The molecular formula is C16H17Cl2N3O3. The highest BCUT2D eigenvalue weighted by Gasteiger charge is 2.21. The van der Waals surface area contributed by atoms with Gasteiger partial charge < -0.3 is 10.4 Å². The number of carboxylic acid groups (broad SMARTS) is 1. The molecule has 1 aromatic carbocycles. The number of halogens is 2. The molecule has 2 N–H and O–H groups in total. The summed E-state index contributed by atoms with van der Waals surface area (Å²) in [6, 6.07) is 5.69. The second-order valence-electron chi connectivity index (χ2n) is 5.73. The Morgan fingerprint density at radius 1 is 1.29 bits per heavy atom. The van der Waals surface area contributed by atoms with Gasteiger partial charge in [0, 0.05) is 5.02 Å². The minimum Gasteiger partial charge on any atom is -0.480 e. The molecule has 0 amide bonds. The van der Waals surface area contributed by atoms with Gasteiger partial charge in [-0.1, -0.05) is 37.0 Å². The third-order valence-electron chi connectivity index (χ3n) is 3.33. The van der Waals surface area contributed by atoms with Crippen molar-refractivity contribution >= 4 is 34.9 Å². The molecule has 8 heteroatoms. The van der Waals surface area contributed by atoms with Gasteiger partial charge in [-0.05, 0) is 36.6 Å². The number of anilines is 1. The van der Waals surface area contributed by atoms with Crippen molar-refractivity contribution in [1.82, 2.24) is 9.78 Å². The molecule has 0 saturated heterocycles. The molecule has 0 saturated carbocycles. The normalized spacial score (nSPS) is 12.2. The minimum absolute atomic E-state index is 0.116. The zero-order valence-corrected chi connectivity index (χ0v) is 14.7. The van der Waals surface area contributed by atoms with Crippen LogP contribution in [0.15, 0.2) is 35.3 Å². The first kappa shape index (κ1) is 18.3. The average molecular weight is 370 g/mol. The molecule has 0 fully saturated rings. The van der Waals surface area contributed by atoms with Crippen LogP contribution in [0.25, 0.3) is 5.69 Å². The van der Waals surface area contributed by atoms with Crippen molar-refractivity contribution in [3.8, 4) is 5.69 Å². The monoisotopic (exact) mass is 369 g/mol. The molecule has 2 rings (SSSR count). The maximum absolute atomic E-state index is 12.4. The first-order valence-corrected chi connectivity index (χ1v) is 8.08. The van der Waals surface area contributed by atoms with Crippen molar-refractivity contribution in [1.29, 1.82) is 0 Å². The lowest BCUT2D eigenvalue weighted by Gasteiger charge is -2.18. The number of aliphatic carboxylic acids is 1. The lowest BCUT2D eigenvalue weighted by molar-refractivity contribution is -0.138. The van der Waals surface area contributed by atoms with Gasteiger partial charge in [-0.15, -0.1) is 0 Å². The highest BCUT2D eigenvalue weighted by molar-refractivity contribution is 6.33. The highest BCUT2D eigenvalue weighted by atomic mass is 35.5. The number of carbonyl (C=O) groups is 1. The van der Waals surface area contributed by atoms with Crippen LogP contribution in [0, 0.1) is 5.92 Å². The lowest BCUT2D eigenvalue weighted by Crippen LogP contribution is -2.32. The summed E-state index contributed by atoms with van der Waals surface area (Å²) in [6.45, 7) is 3.83. The van der Waals surface area contributed by atoms with E-state index in [-0.39, 0.29) is 16.6 Å². The Balaban J connectivity index is 2.34. The van der Waals surface area contributed by atoms with Gasteiger partial charge in [0.15, 0.2) is 0 Å². The summed E-state index contributed by atoms with van der Waals surface area (Å²) in [5.41, 5.74) is 0.160. The van der Waals surface area contributed by atoms with Gasteiger partial charge in [-0.2, -0.15) is 9.78 Å². The van der Waals surface area contributed by atoms with Crippen molar-refractivity contribution in [2.75, 3.05) is 5.32 Å². The SMILES string of the molecule is CC(C)C[C@@H](Nc1cnn(-c2ccc(Cl)cc2)c(=O)c1Cl)C(=O)O. The second-order valence-corrected chi connectivity index (χ2v) is 6.54. The molecule has 1 aromatic heterocycles. The quantitative estimate of drug-likeness (QED) is 0.814. The van der Waals surface area contributed by atoms with Crippen molar-refractivity contribution in [2.45, 2.75) is 26.3 Å². The second kappa shape index (κ2) is 7.68. The van der Waals surface area contributed by atoms with Crippen LogP contribution >= 0.6 is 23.2 Å². The summed E-state index contributed by atoms with van der Waals surface area (Å²) in [7, 11) is 0. The van der Waals surface area contributed by atoms with Gasteiger partial charge in [-0.3, -0.25) is 4.79 Å². The van der Waals surface area contributed by atoms with Crippen LogP contribution < -0.4 is 10.9 Å². The number of nitrogens with zero attached hydrogens (tertiary/aromatic N) is 2. The van der Waals surface area contributed by atoms with Crippen LogP contribution in [-0.2, 0) is 4.79 Å². The molecule has 2 aromatic rings. The molecule has 0 radical (unpaired) electrons. The maximum Gasteiger partial charge on any atom is 0.326 e. The number of benzene rings is 1. The van der Waals surface area contributed by atoms with E-state index in [0.29, 0.717) is 17.1 Å². The van der Waals surface area contributed by atoms with Crippen LogP contribution in [0.5, 0.6) is 0 Å². The van der Waals surface area contributed by atoms with Crippen molar-refractivity contribution in [2.24, 2.45) is 5.92 Å². The lowest BCUT2D eigenvalue weighted by atomic mass is 10.0. The summed E-state index contributed by atoms with van der Waals surface area (Å²) < 4.78 is 1.13. The molecule has 1 atom stereocenters. The standard InChI is InChI=1S/C16H17Cl2N3O3/c1-9(2)7-12(16(23)24)20-13-8-19-21(15(22)14(13)18)11-5-3-10(17)4-6-11/h3-6,8-9,12,20H,7H2,1-2H3,(H,23,24)/t12-/m1/s1. The van der Waals surface area contributed by atoms with E-state index in [0.717, 1.165) is 4.68 Å². The van der Waals surface area contributed by atoms with Crippen molar-refractivity contribution < 1.29 is 9.90 Å². The topological polar surface area (TPSA) is 84.2 Å². The van der Waals surface area contributed by atoms with E-state index in [1.54, 1.807) is 24.3 Å². The Kier molecular flexibility index (Phi) is 5.85. The molecule has 0 aliphatic heterocycles. The average Bonchev–Trinajstić information content (AvgIpc) is 2.52. The first-order chi connectivity index (χ1) is 11.3. The molecule has 0 unspecified atom stereocenters. The summed E-state index contributed by atoms with van der Waals surface area (Å²) >= 11 is 11.9. The summed E-state index contributed by atoms with van der Waals surface area (Å²) in [6.07, 6.45) is 1.74. The first-order valence-electron chi connectivity index (χ1n) is 7.32. The van der Waals surface area contributed by atoms with Gasteiger partial charge in [0.2, 0.25) is 0 Å². The van der Waals surface area contributed by atoms with Gasteiger partial charge in [0.1, 0.15) is 11.1 Å². The summed E-state index contributed by atoms with van der Waals surface area (Å²) in [5.74, 6) is -0.846. The van der Waals surface area contributed by atoms with Gasteiger partial charge in [0.25, 0.3) is 5.56 Å². The largest absolute Gasteiger partial charge is 0.480 e. The molecule has 0 aliphatic carbocycles. The smallest absolute Gasteiger partial charge is 0.326 e. The Hall–Kier alpha value is -2.05. The Bertz CT molecular complexity index is 788. The van der Waals surface area contributed by atoms with E-state index in [4.69, 9.17) is 23.2 Å². The van der Waals surface area contributed by atoms with Gasteiger partial charge in [0.05, 0.1) is 17.6 Å². The van der Waals surface area contributed by atoms with Crippen LogP contribution in [0.3, 0.4) is 0 Å². The predicted octanol–water partition coefficient (Wildman–Crippen LogP) is 3.45. The van der Waals surface area contributed by atoms with Crippen LogP contribution in [0.2, 0.25) is 10.0 Å². The highest BCUT2D eigenvalue weighted by Crippen LogP contribution is 2.20. The van der Waals surface area contributed by atoms with E-state index < -0.39 is 17.6 Å². The summed E-state index contributed by atoms with van der Waals surface area (Å²) in [4.78, 5) is 23.7. The molecular weight excluding hydrogens is 353 g/mol. The zero-order chi connectivity index (χ0) is 17.9. The number of hydrogen-bond acceptors (Lipinski definition) is 4. The Labute approximate surface area is 149 Å². The molecule has 1 heterocycles. The Morgan fingerprint density at radius 2 is 1.92 bits per heavy atom. The fourth-order valence-electron chi connectivity index (χ4n) is 2.18. The molecule has 0 aliphatic rings. The summed E-state index contributed by atoms with van der Waals surface area (Å²) in [5, 5.41) is 16.5. The van der Waals surface area contributed by atoms with E-state index in [2.05, 4.69) is 10.4 Å². The molecule has 0 spiro atoms. The van der Waals surface area contributed by atoms with Crippen molar-refractivity contribution in [3.05, 3.63) is 50.9 Å². The predicted molar refractivity (Wildman–Crippen MR) is 94.4 cm³/mol. The van der Waals surface area contributed by atoms with Gasteiger partial charge in [-0.25, -0.2) is 4.79 Å². The van der Waals surface area contributed by atoms with Crippen LogP contribution in [0.1, 0.15) is 20.3 Å². The van der Waals surface area contributed by atoms with Crippen molar-refractivity contribution in [3.63, 3.8) is 0 Å². The van der Waals surface area contributed by atoms with E-state index in [9.17, 15) is 14.7 Å². The Morgan fingerprint density at radius 3 is 2.46 bits per heavy atom. The number of aromatic nitrogens is 2. The number of nitrogens with one attached hydrogen (secondary N) is 1. The third-order valence-corrected chi connectivity index (χ3v) is 3.94. The fraction of sp³-hybridized carbons (Fsp3) is 0.312. The van der Waals surface area contributed by atoms with Crippen LogP contribution in [0.4, 0.5) is 5.69 Å². The fourth-order valence-corrected chi connectivity index (χ4v) is 2.49. The third kappa shape index (κ3) is 4.27. The molecule has 24 heavy (non-hydrogen) atoms. The van der Waals surface area contributed by atoms with Crippen LogP contribution in [-0.4, -0.2) is 26.9 Å². The molecule has 0 bridgehead atoms. The number of carboxylic acids is 1. The van der Waals surface area contributed by atoms with Gasteiger partial charge >= 0.3 is 5.97 Å². The van der Waals surface area contributed by atoms with E-state index >= 15 is 0 Å². The molecule has 6 nitrogen and oxygen atoms in total. The maximum atomic E-state index is 12.4. The van der Waals surface area contributed by atoms with E-state index in [1.807, 2.05) is 13.8 Å². The van der Waals surface area contributed by atoms with E-state index in [1.165, 1.54) is 6.20 Å². The molecule has 128 valence electrons. The number of rotatable bonds is 6. The minimum atomic E-state index is -1.01. The zero-order valence-electron chi connectivity index (χ0n) is 13.2. The number of hydrogen-bond donors (Lipinski definition) is 2.